The summed E-state index contributed by atoms with van der Waals surface area (Å²) >= 11 is 7.17. The number of rotatable bonds is 4. The van der Waals surface area contributed by atoms with Crippen molar-refractivity contribution in [1.29, 1.82) is 0 Å². The summed E-state index contributed by atoms with van der Waals surface area (Å²) in [7, 11) is 0. The van der Waals surface area contributed by atoms with Crippen molar-refractivity contribution in [2.24, 2.45) is 0 Å². The van der Waals surface area contributed by atoms with Crippen LogP contribution < -0.4 is 15.0 Å². The molecule has 2 fully saturated rings. The highest BCUT2D eigenvalue weighted by Gasteiger charge is 2.36. The number of amides is 2. The molecule has 0 radical (unpaired) electrons. The maximum atomic E-state index is 13.7. The molecule has 0 unspecified atom stereocenters. The predicted molar refractivity (Wildman–Crippen MR) is 107 cm³/mol. The molecule has 3 aromatic rings. The van der Waals surface area contributed by atoms with E-state index in [1.807, 2.05) is 4.90 Å². The molecule has 11 heteroatoms. The summed E-state index contributed by atoms with van der Waals surface area (Å²) in [5.74, 6) is 0.811. The van der Waals surface area contributed by atoms with Crippen LogP contribution in [0.2, 0.25) is 5.28 Å². The number of anilines is 1. The third-order valence-corrected chi connectivity index (χ3v) is 5.90. The molecule has 2 amide bonds. The van der Waals surface area contributed by atoms with E-state index in [0.29, 0.717) is 37.4 Å². The van der Waals surface area contributed by atoms with E-state index in [1.54, 1.807) is 22.7 Å². The number of carbonyl (C=O) groups is 1. The van der Waals surface area contributed by atoms with E-state index in [0.717, 1.165) is 10.5 Å². The van der Waals surface area contributed by atoms with Crippen molar-refractivity contribution in [1.82, 2.24) is 25.2 Å². The summed E-state index contributed by atoms with van der Waals surface area (Å²) < 4.78 is 20.3. The van der Waals surface area contributed by atoms with Gasteiger partial charge in [-0.05, 0) is 23.7 Å². The summed E-state index contributed by atoms with van der Waals surface area (Å²) in [6.07, 6.45) is 1.43. The average molecular weight is 435 g/mol. The first-order valence-electron chi connectivity index (χ1n) is 9.03. The predicted octanol–water partition coefficient (Wildman–Crippen LogP) is 2.54. The molecule has 29 heavy (non-hydrogen) atoms. The van der Waals surface area contributed by atoms with Crippen LogP contribution in [0.1, 0.15) is 0 Å². The number of likely N-dealkylation sites (tertiary alicyclic amines) is 1. The monoisotopic (exact) mass is 434 g/mol. The Morgan fingerprint density at radius 2 is 2.10 bits per heavy atom. The number of urea groups is 1. The molecule has 0 bridgehead atoms. The molecular weight excluding hydrogens is 419 g/mol. The summed E-state index contributed by atoms with van der Waals surface area (Å²) in [6.45, 7) is 2.23. The van der Waals surface area contributed by atoms with Crippen LogP contribution in [0.4, 0.5) is 15.0 Å². The maximum Gasteiger partial charge on any atom is 0.317 e. The van der Waals surface area contributed by atoms with Gasteiger partial charge in [0.25, 0.3) is 0 Å². The zero-order valence-electron chi connectivity index (χ0n) is 15.1. The van der Waals surface area contributed by atoms with Crippen LogP contribution in [0.15, 0.2) is 29.9 Å². The van der Waals surface area contributed by atoms with E-state index in [4.69, 9.17) is 16.3 Å². The molecule has 8 nitrogen and oxygen atoms in total. The molecule has 2 aromatic heterocycles. The third kappa shape index (κ3) is 3.65. The maximum absolute atomic E-state index is 13.7. The molecule has 0 spiro atoms. The lowest BCUT2D eigenvalue weighted by Crippen LogP contribution is -2.65. The molecule has 150 valence electrons. The van der Waals surface area contributed by atoms with Crippen LogP contribution in [0, 0.1) is 5.82 Å². The van der Waals surface area contributed by atoms with Crippen molar-refractivity contribution in [2.75, 3.05) is 31.1 Å². The van der Waals surface area contributed by atoms with Crippen LogP contribution >= 0.6 is 22.9 Å². The highest BCUT2D eigenvalue weighted by atomic mass is 35.5. The van der Waals surface area contributed by atoms with Gasteiger partial charge in [-0.3, -0.25) is 0 Å². The van der Waals surface area contributed by atoms with Crippen molar-refractivity contribution in [3.05, 3.63) is 41.0 Å². The van der Waals surface area contributed by atoms with E-state index < -0.39 is 0 Å². The van der Waals surface area contributed by atoms with Gasteiger partial charge < -0.3 is 19.9 Å². The Balaban J connectivity index is 1.10. The van der Waals surface area contributed by atoms with E-state index in [-0.39, 0.29) is 29.3 Å². The topological polar surface area (TPSA) is 83.5 Å². The zero-order valence-corrected chi connectivity index (χ0v) is 16.7. The number of hydrogen-bond donors (Lipinski definition) is 1. The number of ether oxygens (including phenoxy) is 1. The highest BCUT2D eigenvalue weighted by Crippen LogP contribution is 2.30. The smallest absolute Gasteiger partial charge is 0.317 e. The molecule has 4 heterocycles. The minimum Gasteiger partial charge on any atom is -0.484 e. The molecule has 2 saturated heterocycles. The molecule has 0 saturated carbocycles. The van der Waals surface area contributed by atoms with Crippen molar-refractivity contribution in [3.63, 3.8) is 0 Å². The van der Waals surface area contributed by atoms with Gasteiger partial charge in [0.15, 0.2) is 0 Å². The molecule has 2 aliphatic heterocycles. The fraction of sp³-hybridized carbons (Fsp3) is 0.333. The standard InChI is InChI=1S/C18H16ClFN6O2S/c19-17-21-2-1-15(24-17)25-5-11(6-25)23-18(27)26-7-12(8-26)28-13-3-10(20)4-14-16(13)22-9-29-14/h1-4,9,11-12H,5-8H2,(H,23,27). The molecule has 2 aliphatic rings. The van der Waals surface area contributed by atoms with Gasteiger partial charge in [-0.1, -0.05) is 0 Å². The lowest BCUT2D eigenvalue weighted by molar-refractivity contribution is 0.0438. The number of nitrogens with one attached hydrogen (secondary N) is 1. The number of nitrogens with zero attached hydrogens (tertiary/aromatic N) is 5. The number of carbonyl (C=O) groups excluding carboxylic acids is 1. The van der Waals surface area contributed by atoms with Crippen LogP contribution in [0.25, 0.3) is 10.2 Å². The van der Waals surface area contributed by atoms with Gasteiger partial charge in [0.1, 0.15) is 29.0 Å². The van der Waals surface area contributed by atoms with Gasteiger partial charge in [-0.15, -0.1) is 11.3 Å². The number of benzene rings is 1. The van der Waals surface area contributed by atoms with Crippen molar-refractivity contribution >= 4 is 45.0 Å². The van der Waals surface area contributed by atoms with Crippen LogP contribution in [-0.4, -0.2) is 64.2 Å². The van der Waals surface area contributed by atoms with E-state index in [1.165, 1.54) is 23.5 Å². The largest absolute Gasteiger partial charge is 0.484 e. The van der Waals surface area contributed by atoms with Gasteiger partial charge in [-0.25, -0.2) is 24.1 Å². The Morgan fingerprint density at radius 1 is 1.28 bits per heavy atom. The lowest BCUT2D eigenvalue weighted by atomic mass is 10.1. The molecule has 0 atom stereocenters. The number of hydrogen-bond acceptors (Lipinski definition) is 7. The number of aromatic nitrogens is 3. The summed E-state index contributed by atoms with van der Waals surface area (Å²) in [6, 6.07) is 4.49. The Bertz CT molecular complexity index is 1070. The summed E-state index contributed by atoms with van der Waals surface area (Å²) in [5.41, 5.74) is 2.31. The number of halogens is 2. The SMILES string of the molecule is O=C(NC1CN(c2ccnc(Cl)n2)C1)N1CC(Oc2cc(F)cc3scnc23)C1. The molecule has 1 aromatic carbocycles. The minimum absolute atomic E-state index is 0.0501. The second-order valence-corrected chi connectivity index (χ2v) is 8.21. The number of fused-ring (bicyclic) bond motifs is 1. The van der Waals surface area contributed by atoms with E-state index in [9.17, 15) is 9.18 Å². The first-order chi connectivity index (χ1) is 14.0. The van der Waals surface area contributed by atoms with Crippen LogP contribution in [-0.2, 0) is 0 Å². The molecule has 0 aliphatic carbocycles. The summed E-state index contributed by atoms with van der Waals surface area (Å²) in [4.78, 5) is 28.3. The molecule has 1 N–H and O–H groups in total. The van der Waals surface area contributed by atoms with Crippen LogP contribution in [0.5, 0.6) is 5.75 Å². The Hall–Kier alpha value is -2.72. The van der Waals surface area contributed by atoms with Gasteiger partial charge in [-0.2, -0.15) is 0 Å². The van der Waals surface area contributed by atoms with Gasteiger partial charge >= 0.3 is 6.03 Å². The second-order valence-electron chi connectivity index (χ2n) is 6.98. The van der Waals surface area contributed by atoms with Gasteiger partial charge in [0.2, 0.25) is 5.28 Å². The second kappa shape index (κ2) is 7.27. The summed E-state index contributed by atoms with van der Waals surface area (Å²) in [5, 5.41) is 3.20. The molecular formula is C18H16ClFN6O2S. The zero-order chi connectivity index (χ0) is 20.0. The Morgan fingerprint density at radius 3 is 2.90 bits per heavy atom. The Kier molecular flexibility index (Phi) is 4.59. The first kappa shape index (κ1) is 18.3. The minimum atomic E-state index is -0.356. The highest BCUT2D eigenvalue weighted by molar-refractivity contribution is 7.16. The Labute approximate surface area is 174 Å². The van der Waals surface area contributed by atoms with Crippen molar-refractivity contribution < 1.29 is 13.9 Å². The average Bonchev–Trinajstić information content (AvgIpc) is 3.08. The van der Waals surface area contributed by atoms with Gasteiger partial charge in [0, 0.05) is 25.4 Å². The fourth-order valence-corrected chi connectivity index (χ4v) is 4.24. The van der Waals surface area contributed by atoms with Crippen molar-refractivity contribution in [3.8, 4) is 5.75 Å². The van der Waals surface area contributed by atoms with E-state index in [2.05, 4.69) is 20.3 Å². The number of thiazole rings is 1. The third-order valence-electron chi connectivity index (χ3n) is 4.94. The van der Waals surface area contributed by atoms with Crippen LogP contribution in [0.3, 0.4) is 0 Å². The first-order valence-corrected chi connectivity index (χ1v) is 10.3. The quantitative estimate of drug-likeness (QED) is 0.635. The lowest BCUT2D eigenvalue weighted by Gasteiger charge is -2.43. The normalized spacial score (nSPS) is 17.2. The van der Waals surface area contributed by atoms with Gasteiger partial charge in [0.05, 0.1) is 29.3 Å². The fourth-order valence-electron chi connectivity index (χ4n) is 3.38. The van der Waals surface area contributed by atoms with E-state index >= 15 is 0 Å². The van der Waals surface area contributed by atoms with Crippen molar-refractivity contribution in [2.45, 2.75) is 12.1 Å². The molecule has 5 rings (SSSR count).